The predicted molar refractivity (Wildman–Crippen MR) is 185 cm³/mol. The summed E-state index contributed by atoms with van der Waals surface area (Å²) in [5.41, 5.74) is 4.26. The normalized spacial score (nSPS) is 21.3. The smallest absolute Gasteiger partial charge is 0.410 e. The molecule has 2 aliphatic rings. The van der Waals surface area contributed by atoms with E-state index in [1.165, 1.54) is 0 Å². The minimum absolute atomic E-state index is 0.153. The van der Waals surface area contributed by atoms with Crippen LogP contribution < -0.4 is 0 Å². The predicted octanol–water partition coefficient (Wildman–Crippen LogP) is 7.99. The second kappa shape index (κ2) is 12.7. The van der Waals surface area contributed by atoms with E-state index in [0.29, 0.717) is 30.6 Å². The van der Waals surface area contributed by atoms with E-state index in [4.69, 9.17) is 19.4 Å². The maximum Gasteiger partial charge on any atom is 0.410 e. The lowest BCUT2D eigenvalue weighted by Crippen LogP contribution is -2.37. The molecule has 0 unspecified atom stereocenters. The number of ether oxygens (including phenoxy) is 2. The fourth-order valence-corrected chi connectivity index (χ4v) is 6.47. The van der Waals surface area contributed by atoms with Gasteiger partial charge in [0.1, 0.15) is 28.5 Å². The highest BCUT2D eigenvalue weighted by atomic mass is 16.6. The monoisotopic (exact) mass is 650 g/mol. The molecule has 252 valence electrons. The Hall–Kier alpha value is -4.78. The molecule has 4 atom stereocenters. The SMILES string of the molecule is C[C@H]1C[C@@H](c2nc(C#Cc3ccc(-c4ccc5[nH]c([C@@H]6C[C@H](C)CN6C(=O)OC(C)(C)C)nc5c4)cc3)c[nH]2)N(C(=O)OC(C)(C)C)C1. The molecule has 6 rings (SSSR count). The summed E-state index contributed by atoms with van der Waals surface area (Å²) in [6, 6.07) is 14.0. The molecule has 0 bridgehead atoms. The van der Waals surface area contributed by atoms with Crippen molar-refractivity contribution in [1.82, 2.24) is 29.7 Å². The molecular weight excluding hydrogens is 604 g/mol. The molecule has 0 spiro atoms. The number of carbonyl (C=O) groups excluding carboxylic acids is 2. The lowest BCUT2D eigenvalue weighted by atomic mass is 10.0. The molecule has 2 amide bonds. The molecule has 2 aromatic carbocycles. The number of aromatic nitrogens is 4. The van der Waals surface area contributed by atoms with Gasteiger partial charge in [-0.15, -0.1) is 0 Å². The van der Waals surface area contributed by atoms with Crippen LogP contribution in [0, 0.1) is 23.7 Å². The van der Waals surface area contributed by atoms with Crippen LogP contribution in [0.25, 0.3) is 22.2 Å². The first-order valence-corrected chi connectivity index (χ1v) is 16.8. The van der Waals surface area contributed by atoms with E-state index in [9.17, 15) is 9.59 Å². The van der Waals surface area contributed by atoms with Gasteiger partial charge in [0.05, 0.1) is 23.1 Å². The maximum atomic E-state index is 13.0. The first kappa shape index (κ1) is 33.1. The van der Waals surface area contributed by atoms with Crippen LogP contribution in [-0.2, 0) is 9.47 Å². The van der Waals surface area contributed by atoms with Crippen molar-refractivity contribution in [3.8, 4) is 23.0 Å². The molecule has 0 saturated carbocycles. The Labute approximate surface area is 282 Å². The molecule has 2 saturated heterocycles. The first-order valence-electron chi connectivity index (χ1n) is 16.8. The number of hydrogen-bond acceptors (Lipinski definition) is 6. The zero-order valence-corrected chi connectivity index (χ0v) is 29.2. The third-order valence-electron chi connectivity index (χ3n) is 8.56. The molecule has 2 N–H and O–H groups in total. The summed E-state index contributed by atoms with van der Waals surface area (Å²) in [6.45, 7) is 16.8. The zero-order valence-electron chi connectivity index (χ0n) is 29.2. The molecule has 4 aromatic rings. The Kier molecular flexibility index (Phi) is 8.75. The summed E-state index contributed by atoms with van der Waals surface area (Å²) in [5.74, 6) is 8.58. The van der Waals surface area contributed by atoms with Gasteiger partial charge in [0.25, 0.3) is 0 Å². The number of imidazole rings is 2. The standard InChI is InChI=1S/C38H46N6O4/c1-23-17-31(43(21-23)35(45)47-37(3,4)5)33-39-20-28(40-33)15-11-25-9-12-26(13-10-25)27-14-16-29-30(19-27)42-34(41-29)32-18-24(2)22-44(32)36(46)48-38(6,7)8/h9-10,12-14,16,19-20,23-24,31-32H,17-18,21-22H2,1-8H3,(H,39,40)(H,41,42)/t23-,24-,31-,32-/m0/s1. The molecule has 2 aliphatic heterocycles. The second-order valence-electron chi connectivity index (χ2n) is 15.3. The summed E-state index contributed by atoms with van der Waals surface area (Å²) in [6.07, 6.45) is 2.82. The van der Waals surface area contributed by atoms with Gasteiger partial charge in [-0.2, -0.15) is 0 Å². The van der Waals surface area contributed by atoms with Crippen molar-refractivity contribution in [3.05, 3.63) is 71.6 Å². The van der Waals surface area contributed by atoms with Crippen molar-refractivity contribution in [1.29, 1.82) is 0 Å². The Morgan fingerprint density at radius 3 is 1.92 bits per heavy atom. The molecule has 4 heterocycles. The maximum absolute atomic E-state index is 13.0. The molecule has 0 radical (unpaired) electrons. The number of hydrogen-bond donors (Lipinski definition) is 2. The van der Waals surface area contributed by atoms with Crippen molar-refractivity contribution < 1.29 is 19.1 Å². The number of likely N-dealkylation sites (tertiary alicyclic amines) is 2. The van der Waals surface area contributed by atoms with Gasteiger partial charge in [-0.1, -0.05) is 38.0 Å². The summed E-state index contributed by atoms with van der Waals surface area (Å²) in [4.78, 5) is 45.7. The second-order valence-corrected chi connectivity index (χ2v) is 15.3. The van der Waals surface area contributed by atoms with Crippen LogP contribution in [0.15, 0.2) is 48.7 Å². The highest BCUT2D eigenvalue weighted by Crippen LogP contribution is 2.37. The number of nitrogens with zero attached hydrogens (tertiary/aromatic N) is 4. The number of fused-ring (bicyclic) bond motifs is 1. The topological polar surface area (TPSA) is 116 Å². The lowest BCUT2D eigenvalue weighted by molar-refractivity contribution is 0.0204. The van der Waals surface area contributed by atoms with Crippen molar-refractivity contribution in [2.75, 3.05) is 13.1 Å². The van der Waals surface area contributed by atoms with E-state index >= 15 is 0 Å². The fraction of sp³-hybridized carbons (Fsp3) is 0.474. The molecule has 2 aromatic heterocycles. The fourth-order valence-electron chi connectivity index (χ4n) is 6.47. The number of H-pyrrole nitrogens is 2. The van der Waals surface area contributed by atoms with Gasteiger partial charge < -0.3 is 19.4 Å². The summed E-state index contributed by atoms with van der Waals surface area (Å²) >= 11 is 0. The number of carbonyl (C=O) groups is 2. The molecule has 10 heteroatoms. The highest BCUT2D eigenvalue weighted by Gasteiger charge is 2.39. The summed E-state index contributed by atoms with van der Waals surface area (Å²) in [7, 11) is 0. The van der Waals surface area contributed by atoms with E-state index < -0.39 is 11.2 Å². The highest BCUT2D eigenvalue weighted by molar-refractivity contribution is 5.82. The number of benzene rings is 2. The largest absolute Gasteiger partial charge is 0.444 e. The van der Waals surface area contributed by atoms with Crippen LogP contribution >= 0.6 is 0 Å². The van der Waals surface area contributed by atoms with Crippen molar-refractivity contribution >= 4 is 23.2 Å². The quantitative estimate of drug-likeness (QED) is 0.217. The number of amides is 2. The van der Waals surface area contributed by atoms with Crippen LogP contribution in [0.1, 0.15) is 103 Å². The zero-order chi connectivity index (χ0) is 34.4. The van der Waals surface area contributed by atoms with Crippen molar-refractivity contribution in [3.63, 3.8) is 0 Å². The van der Waals surface area contributed by atoms with Gasteiger partial charge in [-0.25, -0.2) is 19.6 Å². The Morgan fingerprint density at radius 2 is 1.33 bits per heavy atom. The summed E-state index contributed by atoms with van der Waals surface area (Å²) < 4.78 is 11.3. The average molecular weight is 651 g/mol. The van der Waals surface area contributed by atoms with E-state index in [1.54, 1.807) is 16.0 Å². The first-order chi connectivity index (χ1) is 22.6. The van der Waals surface area contributed by atoms with E-state index in [0.717, 1.165) is 52.2 Å². The van der Waals surface area contributed by atoms with Gasteiger partial charge in [-0.05, 0) is 108 Å². The molecule has 10 nitrogen and oxygen atoms in total. The molecule has 48 heavy (non-hydrogen) atoms. The molecule has 0 aliphatic carbocycles. The van der Waals surface area contributed by atoms with Crippen LogP contribution in [0.2, 0.25) is 0 Å². The van der Waals surface area contributed by atoms with Gasteiger partial charge in [0, 0.05) is 24.8 Å². The third-order valence-corrected chi connectivity index (χ3v) is 8.56. The lowest BCUT2D eigenvalue weighted by Gasteiger charge is -2.27. The van der Waals surface area contributed by atoms with Gasteiger partial charge in [-0.3, -0.25) is 9.80 Å². The van der Waals surface area contributed by atoms with Crippen molar-refractivity contribution in [2.45, 2.75) is 91.5 Å². The molecular formula is C38H46N6O4. The minimum atomic E-state index is -0.556. The van der Waals surface area contributed by atoms with Crippen LogP contribution in [0.4, 0.5) is 9.59 Å². The molecule has 2 fully saturated rings. The Morgan fingerprint density at radius 1 is 0.771 bits per heavy atom. The number of rotatable bonds is 3. The van der Waals surface area contributed by atoms with Crippen LogP contribution in [0.3, 0.4) is 0 Å². The van der Waals surface area contributed by atoms with E-state index in [2.05, 4.69) is 59.9 Å². The van der Waals surface area contributed by atoms with Gasteiger partial charge in [0.2, 0.25) is 0 Å². The number of nitrogens with one attached hydrogen (secondary N) is 2. The van der Waals surface area contributed by atoms with Gasteiger partial charge >= 0.3 is 12.2 Å². The van der Waals surface area contributed by atoms with Gasteiger partial charge in [0.15, 0.2) is 0 Å². The Balaban J connectivity index is 1.14. The van der Waals surface area contributed by atoms with Crippen LogP contribution in [0.5, 0.6) is 0 Å². The Bertz CT molecular complexity index is 1870. The van der Waals surface area contributed by atoms with E-state index in [1.807, 2.05) is 59.7 Å². The number of aromatic amines is 2. The summed E-state index contributed by atoms with van der Waals surface area (Å²) in [5, 5.41) is 0. The third kappa shape index (κ3) is 7.51. The average Bonchev–Trinajstić information content (AvgIpc) is 3.79. The van der Waals surface area contributed by atoms with Crippen molar-refractivity contribution in [2.24, 2.45) is 11.8 Å². The minimum Gasteiger partial charge on any atom is -0.444 e. The van der Waals surface area contributed by atoms with Crippen LogP contribution in [-0.4, -0.2) is 66.2 Å². The van der Waals surface area contributed by atoms with E-state index in [-0.39, 0.29) is 24.3 Å².